The van der Waals surface area contributed by atoms with Crippen LogP contribution in [-0.4, -0.2) is 61.6 Å². The fourth-order valence-electron chi connectivity index (χ4n) is 3.01. The number of hydrogen-bond donors (Lipinski definition) is 0. The van der Waals surface area contributed by atoms with Gasteiger partial charge in [0.1, 0.15) is 6.61 Å². The quantitative estimate of drug-likeness (QED) is 0.661. The highest BCUT2D eigenvalue weighted by atomic mass is 16.5. The average molecular weight is 212 g/mol. The van der Waals surface area contributed by atoms with E-state index in [0.717, 1.165) is 38.9 Å². The molecule has 0 aromatic rings. The fourth-order valence-corrected chi connectivity index (χ4v) is 3.01. The van der Waals surface area contributed by atoms with E-state index in [9.17, 15) is 4.79 Å². The zero-order valence-electron chi connectivity index (χ0n) is 9.66. The molecule has 1 amide bonds. The van der Waals surface area contributed by atoms with Crippen LogP contribution in [0.5, 0.6) is 0 Å². The highest BCUT2D eigenvalue weighted by Crippen LogP contribution is 2.36. The molecule has 15 heavy (non-hydrogen) atoms. The third kappa shape index (κ3) is 1.88. The summed E-state index contributed by atoms with van der Waals surface area (Å²) in [6, 6.07) is 0. The molecule has 2 saturated heterocycles. The van der Waals surface area contributed by atoms with Crippen LogP contribution < -0.4 is 0 Å². The van der Waals surface area contributed by atoms with Gasteiger partial charge < -0.3 is 14.5 Å². The van der Waals surface area contributed by atoms with Gasteiger partial charge in [-0.05, 0) is 26.3 Å². The molecule has 2 aliphatic heterocycles. The van der Waals surface area contributed by atoms with Crippen molar-refractivity contribution in [2.24, 2.45) is 0 Å². The number of methoxy groups -OCH3 is 1. The van der Waals surface area contributed by atoms with Crippen LogP contribution in [0, 0.1) is 0 Å². The van der Waals surface area contributed by atoms with Gasteiger partial charge in [0.05, 0.1) is 5.54 Å². The van der Waals surface area contributed by atoms with Gasteiger partial charge in [-0.3, -0.25) is 4.79 Å². The van der Waals surface area contributed by atoms with Crippen molar-refractivity contribution in [2.45, 2.75) is 24.8 Å². The molecule has 0 N–H and O–H groups in total. The van der Waals surface area contributed by atoms with Crippen LogP contribution in [0.2, 0.25) is 0 Å². The Morgan fingerprint density at radius 2 is 2.20 bits per heavy atom. The topological polar surface area (TPSA) is 32.8 Å². The lowest BCUT2D eigenvalue weighted by molar-refractivity contribution is -0.139. The molecule has 4 nitrogen and oxygen atoms in total. The van der Waals surface area contributed by atoms with Crippen LogP contribution in [0.1, 0.15) is 19.3 Å². The van der Waals surface area contributed by atoms with Crippen LogP contribution in [0.3, 0.4) is 0 Å². The number of hydrogen-bond acceptors (Lipinski definition) is 3. The number of amides is 1. The number of likely N-dealkylation sites (tertiary alicyclic amines) is 2. The molecule has 0 bridgehead atoms. The molecule has 1 spiro atoms. The SMILES string of the molecule is COCC(=O)N1CCCC12CCN(C)C2. The Hall–Kier alpha value is -0.610. The van der Waals surface area contributed by atoms with Crippen molar-refractivity contribution in [3.8, 4) is 0 Å². The lowest BCUT2D eigenvalue weighted by Crippen LogP contribution is -2.50. The smallest absolute Gasteiger partial charge is 0.249 e. The third-order valence-electron chi connectivity index (χ3n) is 3.69. The average Bonchev–Trinajstić information content (AvgIpc) is 2.75. The summed E-state index contributed by atoms with van der Waals surface area (Å²) in [6.07, 6.45) is 3.43. The minimum absolute atomic E-state index is 0.129. The van der Waals surface area contributed by atoms with E-state index in [1.165, 1.54) is 0 Å². The van der Waals surface area contributed by atoms with Crippen molar-refractivity contribution in [3.05, 3.63) is 0 Å². The maximum atomic E-state index is 11.9. The lowest BCUT2D eigenvalue weighted by atomic mass is 9.95. The predicted molar refractivity (Wildman–Crippen MR) is 57.7 cm³/mol. The van der Waals surface area contributed by atoms with Crippen molar-refractivity contribution in [3.63, 3.8) is 0 Å². The monoisotopic (exact) mass is 212 g/mol. The van der Waals surface area contributed by atoms with Crippen molar-refractivity contribution in [2.75, 3.05) is 40.4 Å². The number of rotatable bonds is 2. The summed E-state index contributed by atoms with van der Waals surface area (Å²) >= 11 is 0. The van der Waals surface area contributed by atoms with Crippen molar-refractivity contribution >= 4 is 5.91 Å². The summed E-state index contributed by atoms with van der Waals surface area (Å²) < 4.78 is 4.94. The van der Waals surface area contributed by atoms with E-state index >= 15 is 0 Å². The Morgan fingerprint density at radius 1 is 1.40 bits per heavy atom. The van der Waals surface area contributed by atoms with E-state index < -0.39 is 0 Å². The molecule has 2 rings (SSSR count). The standard InChI is InChI=1S/C11H20N2O2/c1-12-7-5-11(9-12)4-3-6-13(11)10(14)8-15-2/h3-9H2,1-2H3. The summed E-state index contributed by atoms with van der Waals surface area (Å²) in [5.74, 6) is 0.158. The first kappa shape index (κ1) is 10.9. The Balaban J connectivity index is 2.07. The first-order chi connectivity index (χ1) is 7.18. The van der Waals surface area contributed by atoms with E-state index in [1.54, 1.807) is 7.11 Å². The first-order valence-electron chi connectivity index (χ1n) is 5.66. The zero-order chi connectivity index (χ0) is 10.9. The van der Waals surface area contributed by atoms with Gasteiger partial charge in [-0.2, -0.15) is 0 Å². The van der Waals surface area contributed by atoms with Crippen LogP contribution >= 0.6 is 0 Å². The van der Waals surface area contributed by atoms with Gasteiger partial charge in [0.25, 0.3) is 0 Å². The number of carbonyl (C=O) groups is 1. The van der Waals surface area contributed by atoms with Crippen molar-refractivity contribution in [1.82, 2.24) is 9.80 Å². The van der Waals surface area contributed by atoms with Gasteiger partial charge in [0.2, 0.25) is 5.91 Å². The van der Waals surface area contributed by atoms with Gasteiger partial charge in [-0.1, -0.05) is 0 Å². The van der Waals surface area contributed by atoms with Crippen LogP contribution in [0.4, 0.5) is 0 Å². The second-order valence-corrected chi connectivity index (χ2v) is 4.79. The van der Waals surface area contributed by atoms with Crippen LogP contribution in [-0.2, 0) is 9.53 Å². The predicted octanol–water partition coefficient (Wildman–Crippen LogP) is 0.330. The van der Waals surface area contributed by atoms with E-state index in [2.05, 4.69) is 16.8 Å². The zero-order valence-corrected chi connectivity index (χ0v) is 9.66. The molecule has 0 aliphatic carbocycles. The lowest BCUT2D eigenvalue weighted by Gasteiger charge is -2.34. The molecule has 0 radical (unpaired) electrons. The minimum atomic E-state index is 0.129. The van der Waals surface area contributed by atoms with E-state index in [1.807, 2.05) is 0 Å². The Kier molecular flexibility index (Phi) is 2.98. The van der Waals surface area contributed by atoms with E-state index in [4.69, 9.17) is 4.74 Å². The van der Waals surface area contributed by atoms with Crippen LogP contribution in [0.15, 0.2) is 0 Å². The minimum Gasteiger partial charge on any atom is -0.375 e. The molecular formula is C11H20N2O2. The molecule has 2 heterocycles. The van der Waals surface area contributed by atoms with E-state index in [0.29, 0.717) is 0 Å². The van der Waals surface area contributed by atoms with Gasteiger partial charge in [0, 0.05) is 26.7 Å². The maximum absolute atomic E-state index is 11.9. The normalized spacial score (nSPS) is 31.7. The second-order valence-electron chi connectivity index (χ2n) is 4.79. The molecule has 1 atom stereocenters. The summed E-state index contributed by atoms with van der Waals surface area (Å²) in [7, 11) is 3.72. The summed E-state index contributed by atoms with van der Waals surface area (Å²) in [4.78, 5) is 16.3. The molecule has 0 aromatic carbocycles. The molecular weight excluding hydrogens is 192 g/mol. The molecule has 1 unspecified atom stereocenters. The van der Waals surface area contributed by atoms with Gasteiger partial charge in [-0.25, -0.2) is 0 Å². The Labute approximate surface area is 91.2 Å². The first-order valence-corrected chi connectivity index (χ1v) is 5.66. The molecule has 86 valence electrons. The largest absolute Gasteiger partial charge is 0.375 e. The van der Waals surface area contributed by atoms with Crippen LogP contribution in [0.25, 0.3) is 0 Å². The summed E-state index contributed by atoms with van der Waals surface area (Å²) in [5.41, 5.74) is 0.129. The highest BCUT2D eigenvalue weighted by molar-refractivity contribution is 5.78. The Bertz CT molecular complexity index is 257. The number of carbonyl (C=O) groups excluding carboxylic acids is 1. The maximum Gasteiger partial charge on any atom is 0.249 e. The summed E-state index contributed by atoms with van der Waals surface area (Å²) in [6.45, 7) is 3.28. The number of nitrogens with zero attached hydrogens (tertiary/aromatic N) is 2. The van der Waals surface area contributed by atoms with E-state index in [-0.39, 0.29) is 18.1 Å². The number of ether oxygens (including phenoxy) is 1. The van der Waals surface area contributed by atoms with Gasteiger partial charge >= 0.3 is 0 Å². The molecule has 2 aliphatic rings. The summed E-state index contributed by atoms with van der Waals surface area (Å²) in [5, 5.41) is 0. The molecule has 0 aromatic heterocycles. The van der Waals surface area contributed by atoms with Gasteiger partial charge in [-0.15, -0.1) is 0 Å². The highest BCUT2D eigenvalue weighted by Gasteiger charge is 2.46. The van der Waals surface area contributed by atoms with Crippen molar-refractivity contribution < 1.29 is 9.53 Å². The fraction of sp³-hybridized carbons (Fsp3) is 0.909. The van der Waals surface area contributed by atoms with Crippen molar-refractivity contribution in [1.29, 1.82) is 0 Å². The third-order valence-corrected chi connectivity index (χ3v) is 3.69. The second kappa shape index (κ2) is 4.10. The molecule has 2 fully saturated rings. The molecule has 4 heteroatoms. The molecule has 0 saturated carbocycles. The van der Waals surface area contributed by atoms with Gasteiger partial charge in [0.15, 0.2) is 0 Å². The Morgan fingerprint density at radius 3 is 2.80 bits per heavy atom. The number of likely N-dealkylation sites (N-methyl/N-ethyl adjacent to an activating group) is 1.